The molecule has 1 aromatic heterocycles. The second-order valence-corrected chi connectivity index (χ2v) is 7.67. The Hall–Kier alpha value is -4.87. The molecule has 12 heteroatoms. The summed E-state index contributed by atoms with van der Waals surface area (Å²) in [5.41, 5.74) is -1.60. The van der Waals surface area contributed by atoms with Crippen LogP contribution in [0.25, 0.3) is 11.0 Å². The first-order valence-corrected chi connectivity index (χ1v) is 10.4. The van der Waals surface area contributed by atoms with Crippen LogP contribution in [0.3, 0.4) is 0 Å². The number of carbonyl (C=O) groups excluding carboxylic acids is 1. The van der Waals surface area contributed by atoms with Gasteiger partial charge in [0.2, 0.25) is 11.2 Å². The summed E-state index contributed by atoms with van der Waals surface area (Å²) in [7, 11) is 1.41. The molecule has 0 N–H and O–H groups in total. The molecular weight excluding hydrogens is 499 g/mol. The summed E-state index contributed by atoms with van der Waals surface area (Å²) in [5.74, 6) is -3.49. The van der Waals surface area contributed by atoms with Crippen molar-refractivity contribution in [2.75, 3.05) is 7.11 Å². The summed E-state index contributed by atoms with van der Waals surface area (Å²) in [6, 6.07) is 12.4. The van der Waals surface area contributed by atoms with Gasteiger partial charge in [0.25, 0.3) is 11.4 Å². The van der Waals surface area contributed by atoms with Crippen molar-refractivity contribution in [2.45, 2.75) is 13.1 Å². The van der Waals surface area contributed by atoms with Crippen LogP contribution in [0, 0.1) is 17.0 Å². The molecule has 4 rings (SSSR count). The summed E-state index contributed by atoms with van der Waals surface area (Å²) in [4.78, 5) is 35.8. The number of nitro benzene ring substituents is 1. The number of hydrogen-bond acceptors (Lipinski definition) is 8. The number of nitrogens with zero attached hydrogens (tertiary/aromatic N) is 1. The maximum absolute atomic E-state index is 13.8. The molecule has 9 nitrogen and oxygen atoms in total. The van der Waals surface area contributed by atoms with Gasteiger partial charge in [0.05, 0.1) is 23.0 Å². The number of benzene rings is 3. The Labute approximate surface area is 205 Å². The molecule has 0 fully saturated rings. The lowest BCUT2D eigenvalue weighted by Gasteiger charge is -2.14. The van der Waals surface area contributed by atoms with E-state index < -0.39 is 39.6 Å². The van der Waals surface area contributed by atoms with Gasteiger partial charge >= 0.3 is 12.1 Å². The van der Waals surface area contributed by atoms with Gasteiger partial charge in [-0.15, -0.1) is 0 Å². The molecule has 0 bridgehead atoms. The van der Waals surface area contributed by atoms with E-state index in [1.165, 1.54) is 56.5 Å². The van der Waals surface area contributed by atoms with E-state index in [2.05, 4.69) is 0 Å². The van der Waals surface area contributed by atoms with Gasteiger partial charge in [0.1, 0.15) is 22.8 Å². The van der Waals surface area contributed by atoms with Gasteiger partial charge in [-0.1, -0.05) is 0 Å². The molecule has 0 radical (unpaired) electrons. The molecular formula is C25H16F3NO8. The van der Waals surface area contributed by atoms with Gasteiger partial charge in [0, 0.05) is 17.7 Å². The number of rotatable bonds is 6. The molecule has 0 aliphatic carbocycles. The molecule has 0 unspecified atom stereocenters. The number of hydrogen-bond donors (Lipinski definition) is 0. The van der Waals surface area contributed by atoms with Crippen LogP contribution < -0.4 is 19.6 Å². The number of fused-ring (bicyclic) bond motifs is 1. The quantitative estimate of drug-likeness (QED) is 0.132. The summed E-state index contributed by atoms with van der Waals surface area (Å²) in [6.07, 6.45) is -5.09. The number of esters is 1. The second-order valence-electron chi connectivity index (χ2n) is 7.67. The average Bonchev–Trinajstić information content (AvgIpc) is 2.85. The molecule has 0 spiro atoms. The SMILES string of the molecule is COc1ccc(Oc2c(C(F)(F)F)oc3cc(OC(=O)c4ccc([N+](=O)[O-])c(C)c4)ccc3c2=O)cc1. The zero-order valence-corrected chi connectivity index (χ0v) is 19.1. The van der Waals surface area contributed by atoms with Crippen LogP contribution in [0.15, 0.2) is 69.9 Å². The van der Waals surface area contributed by atoms with Gasteiger partial charge in [-0.05, 0) is 55.5 Å². The van der Waals surface area contributed by atoms with Gasteiger partial charge in [-0.25, -0.2) is 4.79 Å². The fraction of sp³-hybridized carbons (Fsp3) is 0.120. The van der Waals surface area contributed by atoms with E-state index in [1.54, 1.807) is 0 Å². The van der Waals surface area contributed by atoms with Gasteiger partial charge in [0.15, 0.2) is 0 Å². The highest BCUT2D eigenvalue weighted by molar-refractivity contribution is 5.92. The third kappa shape index (κ3) is 5.22. The lowest BCUT2D eigenvalue weighted by atomic mass is 10.1. The number of ether oxygens (including phenoxy) is 3. The third-order valence-electron chi connectivity index (χ3n) is 5.20. The number of aryl methyl sites for hydroxylation is 1. The summed E-state index contributed by atoms with van der Waals surface area (Å²) in [6.45, 7) is 1.43. The Morgan fingerprint density at radius 2 is 1.62 bits per heavy atom. The van der Waals surface area contributed by atoms with Crippen LogP contribution in [0.2, 0.25) is 0 Å². The van der Waals surface area contributed by atoms with Crippen LogP contribution >= 0.6 is 0 Å². The molecule has 3 aromatic carbocycles. The van der Waals surface area contributed by atoms with Crippen LogP contribution in [-0.2, 0) is 6.18 Å². The minimum Gasteiger partial charge on any atom is -0.497 e. The van der Waals surface area contributed by atoms with Crippen molar-refractivity contribution in [1.29, 1.82) is 0 Å². The molecule has 4 aromatic rings. The van der Waals surface area contributed by atoms with E-state index in [0.29, 0.717) is 5.75 Å². The maximum Gasteiger partial charge on any atom is 0.453 e. The van der Waals surface area contributed by atoms with E-state index in [9.17, 15) is 32.9 Å². The second kappa shape index (κ2) is 9.64. The van der Waals surface area contributed by atoms with Gasteiger partial charge in [-0.3, -0.25) is 14.9 Å². The Bertz CT molecular complexity index is 1580. The average molecular weight is 515 g/mol. The van der Waals surface area contributed by atoms with E-state index in [-0.39, 0.29) is 33.7 Å². The smallest absolute Gasteiger partial charge is 0.453 e. The monoisotopic (exact) mass is 515 g/mol. The topological polar surface area (TPSA) is 118 Å². The minimum absolute atomic E-state index is 0.0242. The van der Waals surface area contributed by atoms with Crippen LogP contribution in [0.1, 0.15) is 21.7 Å². The molecule has 1 heterocycles. The predicted octanol–water partition coefficient (Wildman–Crippen LogP) is 6.05. The number of halogens is 3. The van der Waals surface area contributed by atoms with Crippen molar-refractivity contribution >= 4 is 22.6 Å². The fourth-order valence-corrected chi connectivity index (χ4v) is 3.41. The normalized spacial score (nSPS) is 11.3. The molecule has 0 atom stereocenters. The zero-order valence-electron chi connectivity index (χ0n) is 19.1. The highest BCUT2D eigenvalue weighted by atomic mass is 19.4. The van der Waals surface area contributed by atoms with Crippen LogP contribution in [0.4, 0.5) is 18.9 Å². The molecule has 37 heavy (non-hydrogen) atoms. The number of carbonyl (C=O) groups is 1. The van der Waals surface area contributed by atoms with Crippen LogP contribution in [-0.4, -0.2) is 18.0 Å². The van der Waals surface area contributed by atoms with E-state index in [0.717, 1.165) is 18.2 Å². The number of nitro groups is 1. The van der Waals surface area contributed by atoms with Crippen molar-refractivity contribution in [1.82, 2.24) is 0 Å². The predicted molar refractivity (Wildman–Crippen MR) is 123 cm³/mol. The van der Waals surface area contributed by atoms with E-state index >= 15 is 0 Å². The van der Waals surface area contributed by atoms with Gasteiger partial charge in [-0.2, -0.15) is 13.2 Å². The molecule has 0 aliphatic heterocycles. The Morgan fingerprint density at radius 1 is 0.973 bits per heavy atom. The van der Waals surface area contributed by atoms with Crippen molar-refractivity contribution in [2.24, 2.45) is 0 Å². The standard InChI is InChI=1S/C25H16F3NO8/c1-13-11-14(3-10-19(13)29(32)33)24(31)36-17-8-9-18-20(12-17)37-23(25(26,27)28)22(21(18)30)35-16-6-4-15(34-2)5-7-16/h3-12H,1-2H3. The molecule has 190 valence electrons. The summed E-state index contributed by atoms with van der Waals surface area (Å²) >= 11 is 0. The Kier molecular flexibility index (Phi) is 6.58. The van der Waals surface area contributed by atoms with Crippen molar-refractivity contribution in [3.63, 3.8) is 0 Å². The lowest BCUT2D eigenvalue weighted by molar-refractivity contribution is -0.385. The molecule has 0 aliphatic rings. The molecule has 0 saturated heterocycles. The number of methoxy groups -OCH3 is 1. The Morgan fingerprint density at radius 3 is 2.22 bits per heavy atom. The van der Waals surface area contributed by atoms with Gasteiger partial charge < -0.3 is 18.6 Å². The highest BCUT2D eigenvalue weighted by Crippen LogP contribution is 2.39. The summed E-state index contributed by atoms with van der Waals surface area (Å²) < 4.78 is 61.7. The summed E-state index contributed by atoms with van der Waals surface area (Å²) in [5, 5.41) is 10.7. The van der Waals surface area contributed by atoms with E-state index in [4.69, 9.17) is 18.6 Å². The number of alkyl halides is 3. The largest absolute Gasteiger partial charge is 0.497 e. The van der Waals surface area contributed by atoms with E-state index in [1.807, 2.05) is 0 Å². The first-order chi connectivity index (χ1) is 17.5. The maximum atomic E-state index is 13.8. The minimum atomic E-state index is -5.09. The zero-order chi connectivity index (χ0) is 26.9. The van der Waals surface area contributed by atoms with Crippen molar-refractivity contribution in [3.8, 4) is 23.0 Å². The van der Waals surface area contributed by atoms with Crippen molar-refractivity contribution in [3.05, 3.63) is 97.9 Å². The fourth-order valence-electron chi connectivity index (χ4n) is 3.41. The highest BCUT2D eigenvalue weighted by Gasteiger charge is 2.40. The molecule has 0 amide bonds. The first-order valence-electron chi connectivity index (χ1n) is 10.4. The lowest BCUT2D eigenvalue weighted by Crippen LogP contribution is -2.15. The third-order valence-corrected chi connectivity index (χ3v) is 5.20. The molecule has 0 saturated carbocycles. The van der Waals surface area contributed by atoms with Crippen LogP contribution in [0.5, 0.6) is 23.0 Å². The van der Waals surface area contributed by atoms with Crippen molar-refractivity contribution < 1.29 is 41.5 Å². The Balaban J connectivity index is 1.70. The first kappa shape index (κ1) is 25.2.